The molecule has 0 radical (unpaired) electrons. The van der Waals surface area contributed by atoms with E-state index >= 15 is 0 Å². The van der Waals surface area contributed by atoms with Crippen molar-refractivity contribution in [2.75, 3.05) is 17.8 Å². The van der Waals surface area contributed by atoms with E-state index < -0.39 is 15.8 Å². The van der Waals surface area contributed by atoms with Crippen molar-refractivity contribution in [3.8, 4) is 0 Å². The van der Waals surface area contributed by atoms with E-state index in [1.54, 1.807) is 35.6 Å². The number of para-hydroxylation sites is 1. The third kappa shape index (κ3) is 4.67. The molecule has 4 aromatic rings. The molecule has 5 rings (SSSR count). The summed E-state index contributed by atoms with van der Waals surface area (Å²) in [5.41, 5.74) is 1.81. The molecule has 0 unspecified atom stereocenters. The van der Waals surface area contributed by atoms with Gasteiger partial charge in [-0.2, -0.15) is 0 Å². The second-order valence-corrected chi connectivity index (χ2v) is 11.0. The summed E-state index contributed by atoms with van der Waals surface area (Å²) in [6.45, 7) is 1.29. The minimum Gasteiger partial charge on any atom is -0.338 e. The largest absolute Gasteiger partial charge is 0.338 e. The highest BCUT2D eigenvalue weighted by atomic mass is 32.2. The molecule has 1 aliphatic heterocycles. The second kappa shape index (κ2) is 9.15. The number of hydrogen-bond acceptors (Lipinski definition) is 5. The number of nitrogens with one attached hydrogen (secondary N) is 1. The lowest BCUT2D eigenvalue weighted by Crippen LogP contribution is -2.39. The maximum absolute atomic E-state index is 13.1. The number of likely N-dealkylation sites (tertiary alicyclic amines) is 1. The number of carbonyl (C=O) groups excluding carboxylic acids is 1. The number of amides is 1. The zero-order chi connectivity index (χ0) is 23.7. The fourth-order valence-corrected chi connectivity index (χ4v) is 6.27. The molecule has 0 saturated carbocycles. The van der Waals surface area contributed by atoms with E-state index in [0.717, 1.165) is 40.2 Å². The Morgan fingerprint density at radius 1 is 1.03 bits per heavy atom. The summed E-state index contributed by atoms with van der Waals surface area (Å²) in [5.74, 6) is -0.388. The molecule has 1 amide bonds. The van der Waals surface area contributed by atoms with Gasteiger partial charge in [-0.05, 0) is 73.5 Å². The van der Waals surface area contributed by atoms with Crippen LogP contribution >= 0.6 is 11.3 Å². The van der Waals surface area contributed by atoms with Gasteiger partial charge in [-0.15, -0.1) is 11.3 Å². The van der Waals surface area contributed by atoms with E-state index in [4.69, 9.17) is 4.98 Å². The summed E-state index contributed by atoms with van der Waals surface area (Å²) in [6, 6.07) is 19.0. The Bertz CT molecular complexity index is 1400. The first-order valence-electron chi connectivity index (χ1n) is 10.9. The first-order chi connectivity index (χ1) is 16.4. The van der Waals surface area contributed by atoms with Gasteiger partial charge in [-0.3, -0.25) is 9.52 Å². The monoisotopic (exact) mass is 495 g/mol. The molecule has 0 spiro atoms. The van der Waals surface area contributed by atoms with Crippen LogP contribution in [-0.2, 0) is 10.0 Å². The molecular weight excluding hydrogens is 473 g/mol. The van der Waals surface area contributed by atoms with Gasteiger partial charge in [0.05, 0.1) is 20.1 Å². The van der Waals surface area contributed by atoms with Crippen molar-refractivity contribution in [1.29, 1.82) is 0 Å². The zero-order valence-electron chi connectivity index (χ0n) is 18.1. The highest BCUT2D eigenvalue weighted by Gasteiger charge is 2.27. The smallest absolute Gasteiger partial charge is 0.261 e. The maximum Gasteiger partial charge on any atom is 0.261 e. The fraction of sp³-hybridized carbons (Fsp3) is 0.200. The topological polar surface area (TPSA) is 79.4 Å². The van der Waals surface area contributed by atoms with Gasteiger partial charge in [0.2, 0.25) is 0 Å². The molecule has 9 heteroatoms. The van der Waals surface area contributed by atoms with Gasteiger partial charge in [0.25, 0.3) is 15.9 Å². The van der Waals surface area contributed by atoms with E-state index in [2.05, 4.69) is 10.8 Å². The Morgan fingerprint density at radius 3 is 2.50 bits per heavy atom. The molecule has 1 saturated heterocycles. The Kier molecular flexibility index (Phi) is 6.05. The number of thiazole rings is 1. The number of carbonyl (C=O) groups is 1. The molecule has 174 valence electrons. The first-order valence-corrected chi connectivity index (χ1v) is 13.2. The molecule has 1 aliphatic rings. The molecule has 3 aromatic carbocycles. The lowest BCUT2D eigenvalue weighted by Gasteiger charge is -2.32. The number of nitrogens with zero attached hydrogens (tertiary/aromatic N) is 2. The number of benzene rings is 3. The normalized spacial score (nSPS) is 16.5. The number of rotatable bonds is 5. The molecule has 1 fully saturated rings. The Morgan fingerprint density at radius 2 is 1.76 bits per heavy atom. The lowest BCUT2D eigenvalue weighted by molar-refractivity contribution is 0.0707. The van der Waals surface area contributed by atoms with Crippen molar-refractivity contribution in [1.82, 2.24) is 9.88 Å². The number of piperidine rings is 1. The van der Waals surface area contributed by atoms with E-state index in [9.17, 15) is 17.6 Å². The molecule has 1 aromatic heterocycles. The van der Waals surface area contributed by atoms with Gasteiger partial charge in [-0.25, -0.2) is 17.8 Å². The van der Waals surface area contributed by atoms with E-state index in [-0.39, 0.29) is 16.7 Å². The predicted molar refractivity (Wildman–Crippen MR) is 131 cm³/mol. The zero-order valence-corrected chi connectivity index (χ0v) is 19.8. The SMILES string of the molecule is O=C(c1ccc(NS(=O)(=O)c2ccc(F)cc2)cc1)N1CCC[C@@H](c2nc3ccccc3s2)C1. The summed E-state index contributed by atoms with van der Waals surface area (Å²) < 4.78 is 41.7. The molecule has 1 atom stereocenters. The fourth-order valence-electron chi connectivity index (χ4n) is 4.12. The summed E-state index contributed by atoms with van der Waals surface area (Å²) in [6.07, 6.45) is 1.90. The van der Waals surface area contributed by atoms with Crippen LogP contribution in [0.1, 0.15) is 34.1 Å². The van der Waals surface area contributed by atoms with E-state index in [1.165, 1.54) is 12.1 Å². The quantitative estimate of drug-likeness (QED) is 0.410. The van der Waals surface area contributed by atoms with Gasteiger partial charge in [0.1, 0.15) is 5.82 Å². The lowest BCUT2D eigenvalue weighted by atomic mass is 9.98. The van der Waals surface area contributed by atoms with Crippen LogP contribution in [-0.4, -0.2) is 37.3 Å². The Balaban J connectivity index is 1.27. The third-order valence-corrected chi connectivity index (χ3v) is 8.47. The molecule has 2 heterocycles. The van der Waals surface area contributed by atoms with Gasteiger partial charge in [-0.1, -0.05) is 12.1 Å². The molecule has 0 aliphatic carbocycles. The summed E-state index contributed by atoms with van der Waals surface area (Å²) in [4.78, 5) is 19.7. The second-order valence-electron chi connectivity index (χ2n) is 8.25. The Labute approximate surface area is 201 Å². The first kappa shape index (κ1) is 22.5. The van der Waals surface area contributed by atoms with Crippen LogP contribution in [0.2, 0.25) is 0 Å². The number of hydrogen-bond donors (Lipinski definition) is 1. The number of halogens is 1. The van der Waals surface area contributed by atoms with Gasteiger partial charge < -0.3 is 4.90 Å². The van der Waals surface area contributed by atoms with Crippen LogP contribution in [0.4, 0.5) is 10.1 Å². The highest BCUT2D eigenvalue weighted by molar-refractivity contribution is 7.92. The average molecular weight is 496 g/mol. The maximum atomic E-state index is 13.1. The van der Waals surface area contributed by atoms with Crippen molar-refractivity contribution in [2.24, 2.45) is 0 Å². The van der Waals surface area contributed by atoms with Crippen molar-refractivity contribution in [3.05, 3.63) is 89.2 Å². The minimum atomic E-state index is -3.85. The predicted octanol–water partition coefficient (Wildman–Crippen LogP) is 5.26. The molecular formula is C25H22FN3O3S2. The summed E-state index contributed by atoms with van der Waals surface area (Å²) >= 11 is 1.68. The minimum absolute atomic E-state index is 0.0386. The Hall–Kier alpha value is -3.30. The van der Waals surface area contributed by atoms with E-state index in [1.807, 2.05) is 23.1 Å². The van der Waals surface area contributed by atoms with Crippen molar-refractivity contribution in [3.63, 3.8) is 0 Å². The van der Waals surface area contributed by atoms with Crippen LogP contribution in [0.5, 0.6) is 0 Å². The van der Waals surface area contributed by atoms with Crippen LogP contribution in [0.3, 0.4) is 0 Å². The summed E-state index contributed by atoms with van der Waals surface area (Å²) in [5, 5.41) is 1.06. The molecule has 6 nitrogen and oxygen atoms in total. The summed E-state index contributed by atoms with van der Waals surface area (Å²) in [7, 11) is -3.85. The van der Waals surface area contributed by atoms with E-state index in [0.29, 0.717) is 24.3 Å². The van der Waals surface area contributed by atoms with Crippen molar-refractivity contribution in [2.45, 2.75) is 23.7 Å². The van der Waals surface area contributed by atoms with Gasteiger partial charge in [0.15, 0.2) is 0 Å². The van der Waals surface area contributed by atoms with Crippen molar-refractivity contribution < 1.29 is 17.6 Å². The molecule has 0 bridgehead atoms. The van der Waals surface area contributed by atoms with Crippen LogP contribution < -0.4 is 4.72 Å². The number of fused-ring (bicyclic) bond motifs is 1. The number of aromatic nitrogens is 1. The molecule has 34 heavy (non-hydrogen) atoms. The number of sulfonamides is 1. The molecule has 1 N–H and O–H groups in total. The average Bonchev–Trinajstić information content (AvgIpc) is 3.29. The number of anilines is 1. The standard InChI is InChI=1S/C25H22FN3O3S2/c26-19-9-13-21(14-10-19)34(31,32)28-20-11-7-17(8-12-20)25(30)29-15-3-4-18(16-29)24-27-22-5-1-2-6-23(22)33-24/h1-2,5-14,18,28H,3-4,15-16H2/t18-/m1/s1. The van der Waals surface area contributed by atoms with Gasteiger partial charge >= 0.3 is 0 Å². The third-order valence-electron chi connectivity index (χ3n) is 5.88. The van der Waals surface area contributed by atoms with Crippen LogP contribution in [0.15, 0.2) is 77.7 Å². The van der Waals surface area contributed by atoms with Gasteiger partial charge in [0, 0.05) is 30.3 Å². The van der Waals surface area contributed by atoms with Crippen LogP contribution in [0.25, 0.3) is 10.2 Å². The van der Waals surface area contributed by atoms with Crippen molar-refractivity contribution >= 4 is 43.2 Å². The van der Waals surface area contributed by atoms with Crippen LogP contribution in [0, 0.1) is 5.82 Å². The highest BCUT2D eigenvalue weighted by Crippen LogP contribution is 2.33.